The van der Waals surface area contributed by atoms with Gasteiger partial charge in [0.25, 0.3) is 0 Å². The molecular formula is C12H15NO3. The summed E-state index contributed by atoms with van der Waals surface area (Å²) in [5.74, 6) is 2.33. The molecule has 0 radical (unpaired) electrons. The van der Waals surface area contributed by atoms with Gasteiger partial charge >= 0.3 is 5.97 Å². The Hall–Kier alpha value is -1.73. The van der Waals surface area contributed by atoms with Crippen LogP contribution in [0.4, 0.5) is 0 Å². The molecule has 0 saturated carbocycles. The molecule has 1 aromatic rings. The molecule has 1 unspecified atom stereocenters. The quantitative estimate of drug-likeness (QED) is 0.743. The van der Waals surface area contributed by atoms with Crippen LogP contribution in [0.15, 0.2) is 22.8 Å². The number of carboxylic acids is 1. The van der Waals surface area contributed by atoms with Crippen molar-refractivity contribution >= 4 is 5.97 Å². The van der Waals surface area contributed by atoms with Gasteiger partial charge in [-0.1, -0.05) is 12.8 Å². The molecule has 0 aliphatic carbocycles. The molecule has 16 heavy (non-hydrogen) atoms. The predicted molar refractivity (Wildman–Crippen MR) is 59.8 cm³/mol. The fourth-order valence-electron chi connectivity index (χ4n) is 1.69. The highest BCUT2D eigenvalue weighted by atomic mass is 16.4. The van der Waals surface area contributed by atoms with Crippen molar-refractivity contribution in [2.75, 3.05) is 13.1 Å². The van der Waals surface area contributed by atoms with Gasteiger partial charge in [-0.25, -0.2) is 0 Å². The molecule has 86 valence electrons. The van der Waals surface area contributed by atoms with Gasteiger partial charge in [0, 0.05) is 0 Å². The van der Waals surface area contributed by atoms with E-state index >= 15 is 0 Å². The molecule has 1 atom stereocenters. The number of terminal acetylenes is 1. The van der Waals surface area contributed by atoms with Crippen molar-refractivity contribution in [3.05, 3.63) is 24.2 Å². The molecule has 0 amide bonds. The van der Waals surface area contributed by atoms with Crippen LogP contribution in [0.3, 0.4) is 0 Å². The number of rotatable bonds is 6. The fourth-order valence-corrected chi connectivity index (χ4v) is 1.69. The van der Waals surface area contributed by atoms with Crippen molar-refractivity contribution in [1.82, 2.24) is 4.90 Å². The minimum absolute atomic E-state index is 0.0800. The second-order valence-electron chi connectivity index (χ2n) is 3.44. The molecule has 4 nitrogen and oxygen atoms in total. The van der Waals surface area contributed by atoms with E-state index in [9.17, 15) is 4.79 Å². The van der Waals surface area contributed by atoms with Crippen LogP contribution < -0.4 is 0 Å². The zero-order valence-electron chi connectivity index (χ0n) is 9.22. The van der Waals surface area contributed by atoms with Crippen LogP contribution in [0.25, 0.3) is 0 Å². The number of carbonyl (C=O) groups is 1. The zero-order chi connectivity index (χ0) is 12.0. The molecule has 0 aromatic carbocycles. The van der Waals surface area contributed by atoms with Crippen LogP contribution in [-0.4, -0.2) is 29.1 Å². The van der Waals surface area contributed by atoms with Gasteiger partial charge in [-0.05, 0) is 18.6 Å². The van der Waals surface area contributed by atoms with Crippen LogP contribution in [0.2, 0.25) is 0 Å². The summed E-state index contributed by atoms with van der Waals surface area (Å²) in [6, 6.07) is 3.54. The lowest BCUT2D eigenvalue weighted by Crippen LogP contribution is -2.33. The molecule has 0 aliphatic rings. The van der Waals surface area contributed by atoms with Gasteiger partial charge in [0.05, 0.1) is 25.4 Å². The summed E-state index contributed by atoms with van der Waals surface area (Å²) < 4.78 is 5.29. The highest BCUT2D eigenvalue weighted by molar-refractivity contribution is 5.69. The Kier molecular flexibility index (Phi) is 4.62. The van der Waals surface area contributed by atoms with E-state index in [1.54, 1.807) is 17.2 Å². The van der Waals surface area contributed by atoms with Crippen LogP contribution >= 0.6 is 0 Å². The van der Waals surface area contributed by atoms with Gasteiger partial charge in [0.2, 0.25) is 0 Å². The zero-order valence-corrected chi connectivity index (χ0v) is 9.22. The first-order chi connectivity index (χ1) is 7.69. The smallest absolute Gasteiger partial charge is 0.317 e. The third-order valence-corrected chi connectivity index (χ3v) is 2.33. The fraction of sp³-hybridized carbons (Fsp3) is 0.417. The first kappa shape index (κ1) is 12.3. The maximum atomic E-state index is 10.7. The Labute approximate surface area is 94.9 Å². The van der Waals surface area contributed by atoms with Crippen LogP contribution in [0.1, 0.15) is 25.1 Å². The molecule has 1 aromatic heterocycles. The monoisotopic (exact) mass is 221 g/mol. The number of hydrogen-bond acceptors (Lipinski definition) is 3. The van der Waals surface area contributed by atoms with Crippen molar-refractivity contribution in [3.63, 3.8) is 0 Å². The molecule has 0 saturated heterocycles. The van der Waals surface area contributed by atoms with E-state index < -0.39 is 5.97 Å². The van der Waals surface area contributed by atoms with Crippen molar-refractivity contribution in [1.29, 1.82) is 0 Å². The third-order valence-electron chi connectivity index (χ3n) is 2.33. The second kappa shape index (κ2) is 5.99. The number of furan rings is 1. The van der Waals surface area contributed by atoms with Crippen LogP contribution in [0.5, 0.6) is 0 Å². The third kappa shape index (κ3) is 3.14. The van der Waals surface area contributed by atoms with Crippen LogP contribution in [0, 0.1) is 12.3 Å². The summed E-state index contributed by atoms with van der Waals surface area (Å²) in [6.45, 7) is 2.19. The topological polar surface area (TPSA) is 53.7 Å². The second-order valence-corrected chi connectivity index (χ2v) is 3.44. The summed E-state index contributed by atoms with van der Waals surface area (Å²) in [6.07, 6.45) is 7.56. The SMILES string of the molecule is C#CCN(CC(=O)O)C(CC)c1ccco1. The van der Waals surface area contributed by atoms with E-state index in [2.05, 4.69) is 5.92 Å². The summed E-state index contributed by atoms with van der Waals surface area (Å²) >= 11 is 0. The molecule has 4 heteroatoms. The number of nitrogens with zero attached hydrogens (tertiary/aromatic N) is 1. The average Bonchev–Trinajstić information content (AvgIpc) is 2.71. The number of aliphatic carboxylic acids is 1. The first-order valence-corrected chi connectivity index (χ1v) is 5.11. The van der Waals surface area contributed by atoms with Gasteiger partial charge in [-0.15, -0.1) is 6.42 Å². The Balaban J connectivity index is 2.82. The van der Waals surface area contributed by atoms with Crippen LogP contribution in [-0.2, 0) is 4.79 Å². The minimum Gasteiger partial charge on any atom is -0.480 e. The summed E-state index contributed by atoms with van der Waals surface area (Å²) in [5, 5.41) is 8.81. The maximum absolute atomic E-state index is 10.7. The lowest BCUT2D eigenvalue weighted by molar-refractivity contribution is -0.138. The summed E-state index contributed by atoms with van der Waals surface area (Å²) in [7, 11) is 0. The Morgan fingerprint density at radius 2 is 2.50 bits per heavy atom. The van der Waals surface area contributed by atoms with Crippen molar-refractivity contribution in [3.8, 4) is 12.3 Å². The largest absolute Gasteiger partial charge is 0.480 e. The highest BCUT2D eigenvalue weighted by Gasteiger charge is 2.22. The normalized spacial score (nSPS) is 12.3. The van der Waals surface area contributed by atoms with Crippen molar-refractivity contribution < 1.29 is 14.3 Å². The predicted octanol–water partition coefficient (Wildman–Crippen LogP) is 1.75. The van der Waals surface area contributed by atoms with Gasteiger partial charge in [-0.2, -0.15) is 0 Å². The molecule has 0 aliphatic heterocycles. The maximum Gasteiger partial charge on any atom is 0.317 e. The molecular weight excluding hydrogens is 206 g/mol. The van der Waals surface area contributed by atoms with Gasteiger partial charge in [0.1, 0.15) is 5.76 Å². The number of carboxylic acid groups (broad SMARTS) is 1. The van der Waals surface area contributed by atoms with Gasteiger partial charge < -0.3 is 9.52 Å². The minimum atomic E-state index is -0.889. The van der Waals surface area contributed by atoms with E-state index in [1.165, 1.54) is 0 Å². The van der Waals surface area contributed by atoms with E-state index in [4.69, 9.17) is 15.9 Å². The number of hydrogen-bond donors (Lipinski definition) is 1. The van der Waals surface area contributed by atoms with Gasteiger partial charge in [0.15, 0.2) is 0 Å². The summed E-state index contributed by atoms with van der Waals surface area (Å²) in [5.41, 5.74) is 0. The molecule has 0 fully saturated rings. The van der Waals surface area contributed by atoms with E-state index in [0.717, 1.165) is 12.2 Å². The molecule has 1 rings (SSSR count). The Bertz CT molecular complexity index is 364. The molecule has 1 heterocycles. The standard InChI is InChI=1S/C12H15NO3/c1-3-7-13(9-12(14)15)10(4-2)11-6-5-8-16-11/h1,5-6,8,10H,4,7,9H2,2H3,(H,14,15). The Morgan fingerprint density at radius 3 is 2.94 bits per heavy atom. The first-order valence-electron chi connectivity index (χ1n) is 5.11. The van der Waals surface area contributed by atoms with E-state index in [0.29, 0.717) is 6.54 Å². The highest BCUT2D eigenvalue weighted by Crippen LogP contribution is 2.23. The molecule has 0 spiro atoms. The lowest BCUT2D eigenvalue weighted by atomic mass is 10.1. The summed E-state index contributed by atoms with van der Waals surface area (Å²) in [4.78, 5) is 12.4. The van der Waals surface area contributed by atoms with Gasteiger partial charge in [-0.3, -0.25) is 9.69 Å². The molecule has 1 N–H and O–H groups in total. The van der Waals surface area contributed by atoms with Crippen molar-refractivity contribution in [2.45, 2.75) is 19.4 Å². The molecule has 0 bridgehead atoms. The Morgan fingerprint density at radius 1 is 1.75 bits per heavy atom. The van der Waals surface area contributed by atoms with E-state index in [1.807, 2.05) is 13.0 Å². The average molecular weight is 221 g/mol. The lowest BCUT2D eigenvalue weighted by Gasteiger charge is -2.25. The van der Waals surface area contributed by atoms with Crippen molar-refractivity contribution in [2.24, 2.45) is 0 Å². The van der Waals surface area contributed by atoms with E-state index in [-0.39, 0.29) is 12.6 Å².